The molecule has 0 aromatic heterocycles. The number of ketones is 1. The Bertz CT molecular complexity index is 739. The summed E-state index contributed by atoms with van der Waals surface area (Å²) in [7, 11) is 0. The van der Waals surface area contributed by atoms with Crippen molar-refractivity contribution in [1.29, 1.82) is 0 Å². The highest BCUT2D eigenvalue weighted by atomic mass is 32.2. The largest absolute Gasteiger partial charge is 0.459 e. The van der Waals surface area contributed by atoms with Crippen molar-refractivity contribution in [2.75, 3.05) is 12.4 Å². The molecule has 1 N–H and O–H groups in total. The minimum Gasteiger partial charge on any atom is -0.459 e. The number of ether oxygens (including phenoxy) is 1. The molecule has 0 saturated heterocycles. The Morgan fingerprint density at radius 3 is 2.22 bits per heavy atom. The third-order valence-corrected chi connectivity index (χ3v) is 5.07. The first kappa shape index (κ1) is 21.2. The molecule has 0 aliphatic heterocycles. The SMILES string of the molecule is CC(C)(CCCCO)OC(=O)CSc1ccc(C(=O)c2ccccc2)cc1. The van der Waals surface area contributed by atoms with Crippen molar-refractivity contribution in [3.63, 3.8) is 0 Å². The van der Waals surface area contributed by atoms with E-state index in [0.29, 0.717) is 17.5 Å². The van der Waals surface area contributed by atoms with E-state index in [0.717, 1.165) is 17.7 Å². The van der Waals surface area contributed by atoms with Crippen LogP contribution in [0, 0.1) is 0 Å². The molecular formula is C22H26O4S. The first-order valence-electron chi connectivity index (χ1n) is 9.06. The molecule has 0 unspecified atom stereocenters. The Kier molecular flexibility index (Phi) is 8.07. The highest BCUT2D eigenvalue weighted by molar-refractivity contribution is 8.00. The lowest BCUT2D eigenvalue weighted by Gasteiger charge is -2.25. The molecule has 0 fully saturated rings. The van der Waals surface area contributed by atoms with Crippen LogP contribution < -0.4 is 0 Å². The van der Waals surface area contributed by atoms with Crippen molar-refractivity contribution >= 4 is 23.5 Å². The number of hydrogen-bond donors (Lipinski definition) is 1. The van der Waals surface area contributed by atoms with Crippen LogP contribution >= 0.6 is 11.8 Å². The Hall–Kier alpha value is -2.11. The van der Waals surface area contributed by atoms with Crippen LogP contribution in [-0.4, -0.2) is 34.8 Å². The van der Waals surface area contributed by atoms with Gasteiger partial charge in [-0.1, -0.05) is 30.3 Å². The molecule has 0 aliphatic carbocycles. The number of aliphatic hydroxyl groups excluding tert-OH is 1. The van der Waals surface area contributed by atoms with Crippen molar-refractivity contribution in [2.24, 2.45) is 0 Å². The van der Waals surface area contributed by atoms with Gasteiger partial charge in [-0.25, -0.2) is 0 Å². The van der Waals surface area contributed by atoms with E-state index >= 15 is 0 Å². The predicted molar refractivity (Wildman–Crippen MR) is 108 cm³/mol. The van der Waals surface area contributed by atoms with Crippen molar-refractivity contribution in [2.45, 2.75) is 43.6 Å². The zero-order valence-electron chi connectivity index (χ0n) is 15.8. The lowest BCUT2D eigenvalue weighted by Crippen LogP contribution is -2.29. The van der Waals surface area contributed by atoms with Crippen LogP contribution in [0.25, 0.3) is 0 Å². The molecular weight excluding hydrogens is 360 g/mol. The zero-order valence-corrected chi connectivity index (χ0v) is 16.6. The minimum absolute atomic E-state index is 0.0174. The van der Waals surface area contributed by atoms with E-state index in [1.54, 1.807) is 24.3 Å². The van der Waals surface area contributed by atoms with E-state index in [1.807, 2.05) is 44.2 Å². The molecule has 0 heterocycles. The van der Waals surface area contributed by atoms with Crippen molar-refractivity contribution in [3.8, 4) is 0 Å². The number of carbonyl (C=O) groups excluding carboxylic acids is 2. The van der Waals surface area contributed by atoms with E-state index in [-0.39, 0.29) is 24.1 Å². The van der Waals surface area contributed by atoms with Crippen LogP contribution in [0.5, 0.6) is 0 Å². The van der Waals surface area contributed by atoms with Gasteiger partial charge in [-0.3, -0.25) is 9.59 Å². The summed E-state index contributed by atoms with van der Waals surface area (Å²) < 4.78 is 5.53. The molecule has 144 valence electrons. The zero-order chi connectivity index (χ0) is 19.7. The van der Waals surface area contributed by atoms with Gasteiger partial charge in [0.15, 0.2) is 5.78 Å². The van der Waals surface area contributed by atoms with E-state index in [4.69, 9.17) is 9.84 Å². The lowest BCUT2D eigenvalue weighted by molar-refractivity contribution is -0.153. The first-order chi connectivity index (χ1) is 12.9. The highest BCUT2D eigenvalue weighted by Gasteiger charge is 2.22. The first-order valence-corrected chi connectivity index (χ1v) is 10.1. The van der Waals surface area contributed by atoms with Gasteiger partial charge in [-0.15, -0.1) is 11.8 Å². The van der Waals surface area contributed by atoms with Gasteiger partial charge in [0.25, 0.3) is 0 Å². The summed E-state index contributed by atoms with van der Waals surface area (Å²) in [6.07, 6.45) is 2.25. The molecule has 0 amide bonds. The third-order valence-electron chi connectivity index (χ3n) is 4.09. The summed E-state index contributed by atoms with van der Waals surface area (Å²) in [5.41, 5.74) is 0.752. The minimum atomic E-state index is -0.529. The molecule has 5 heteroatoms. The molecule has 27 heavy (non-hydrogen) atoms. The van der Waals surface area contributed by atoms with Gasteiger partial charge in [0.05, 0.1) is 5.75 Å². The molecule has 0 bridgehead atoms. The fourth-order valence-corrected chi connectivity index (χ4v) is 3.32. The topological polar surface area (TPSA) is 63.6 Å². The highest BCUT2D eigenvalue weighted by Crippen LogP contribution is 2.23. The lowest BCUT2D eigenvalue weighted by atomic mass is 10.0. The summed E-state index contributed by atoms with van der Waals surface area (Å²) in [4.78, 5) is 25.4. The van der Waals surface area contributed by atoms with Crippen LogP contribution in [0.4, 0.5) is 0 Å². The molecule has 0 aliphatic rings. The van der Waals surface area contributed by atoms with Crippen LogP contribution in [0.3, 0.4) is 0 Å². The molecule has 0 spiro atoms. The van der Waals surface area contributed by atoms with Crippen molar-refractivity contribution in [1.82, 2.24) is 0 Å². The number of unbranched alkanes of at least 4 members (excludes halogenated alkanes) is 1. The molecule has 2 aromatic rings. The van der Waals surface area contributed by atoms with Crippen LogP contribution in [0.2, 0.25) is 0 Å². The Morgan fingerprint density at radius 2 is 1.59 bits per heavy atom. The Morgan fingerprint density at radius 1 is 0.963 bits per heavy atom. The third kappa shape index (κ3) is 7.19. The number of esters is 1. The molecule has 0 saturated carbocycles. The number of benzene rings is 2. The van der Waals surface area contributed by atoms with E-state index < -0.39 is 5.60 Å². The second-order valence-corrected chi connectivity index (χ2v) is 7.97. The maximum Gasteiger partial charge on any atom is 0.316 e. The summed E-state index contributed by atoms with van der Waals surface area (Å²) in [6.45, 7) is 3.93. The quantitative estimate of drug-likeness (QED) is 0.282. The van der Waals surface area contributed by atoms with Crippen LogP contribution in [0.15, 0.2) is 59.5 Å². The fourth-order valence-electron chi connectivity index (χ4n) is 2.65. The number of rotatable bonds is 10. The van der Waals surface area contributed by atoms with Gasteiger partial charge in [0, 0.05) is 22.6 Å². The summed E-state index contributed by atoms with van der Waals surface area (Å²) >= 11 is 1.39. The molecule has 0 radical (unpaired) electrons. The number of carbonyl (C=O) groups is 2. The fraction of sp³-hybridized carbons (Fsp3) is 0.364. The molecule has 2 rings (SSSR count). The van der Waals surface area contributed by atoms with E-state index in [2.05, 4.69) is 0 Å². The molecule has 4 nitrogen and oxygen atoms in total. The van der Waals surface area contributed by atoms with Crippen molar-refractivity contribution in [3.05, 3.63) is 65.7 Å². The number of aliphatic hydroxyl groups is 1. The summed E-state index contributed by atoms with van der Waals surface area (Å²) in [6, 6.07) is 16.4. The van der Waals surface area contributed by atoms with E-state index in [9.17, 15) is 9.59 Å². The van der Waals surface area contributed by atoms with Crippen LogP contribution in [0.1, 0.15) is 49.0 Å². The molecule has 2 aromatic carbocycles. The Balaban J connectivity index is 1.84. The summed E-state index contributed by atoms with van der Waals surface area (Å²) in [5, 5.41) is 8.84. The number of thioether (sulfide) groups is 1. The molecule has 0 atom stereocenters. The van der Waals surface area contributed by atoms with Crippen LogP contribution in [-0.2, 0) is 9.53 Å². The standard InChI is InChI=1S/C22H26O4S/c1-22(2,14-6-7-15-23)26-20(24)16-27-19-12-10-18(11-13-19)21(25)17-8-4-3-5-9-17/h3-5,8-13,23H,6-7,14-16H2,1-2H3. The van der Waals surface area contributed by atoms with Gasteiger partial charge in [-0.2, -0.15) is 0 Å². The summed E-state index contributed by atoms with van der Waals surface area (Å²) in [5.74, 6) is -0.0651. The van der Waals surface area contributed by atoms with Gasteiger partial charge in [0.2, 0.25) is 0 Å². The van der Waals surface area contributed by atoms with Crippen molar-refractivity contribution < 1.29 is 19.4 Å². The second kappa shape index (κ2) is 10.3. The maximum atomic E-state index is 12.4. The normalized spacial score (nSPS) is 11.2. The van der Waals surface area contributed by atoms with E-state index in [1.165, 1.54) is 11.8 Å². The monoisotopic (exact) mass is 386 g/mol. The Labute approximate surface area is 164 Å². The number of hydrogen-bond acceptors (Lipinski definition) is 5. The van der Waals surface area contributed by atoms with Gasteiger partial charge in [0.1, 0.15) is 5.60 Å². The smallest absolute Gasteiger partial charge is 0.316 e. The maximum absolute atomic E-state index is 12.4. The average molecular weight is 387 g/mol. The average Bonchev–Trinajstić information content (AvgIpc) is 2.66. The second-order valence-electron chi connectivity index (χ2n) is 6.92. The van der Waals surface area contributed by atoms with Gasteiger partial charge < -0.3 is 9.84 Å². The van der Waals surface area contributed by atoms with Gasteiger partial charge >= 0.3 is 5.97 Å². The predicted octanol–water partition coefficient (Wildman–Crippen LogP) is 4.49. The van der Waals surface area contributed by atoms with Gasteiger partial charge in [-0.05, 0) is 57.4 Å².